The van der Waals surface area contributed by atoms with E-state index in [2.05, 4.69) is 0 Å². The molecule has 0 heterocycles. The first-order chi connectivity index (χ1) is 10.6. The van der Waals surface area contributed by atoms with Gasteiger partial charge < -0.3 is 9.47 Å². The van der Waals surface area contributed by atoms with Crippen molar-refractivity contribution in [2.45, 2.75) is 52.6 Å². The van der Waals surface area contributed by atoms with Crippen molar-refractivity contribution >= 4 is 11.8 Å². The lowest BCUT2D eigenvalue weighted by molar-refractivity contribution is -0.122. The summed E-state index contributed by atoms with van der Waals surface area (Å²) in [6, 6.07) is 6.87. The van der Waals surface area contributed by atoms with Crippen LogP contribution in [0.1, 0.15) is 56.8 Å². The smallest absolute Gasteiger partial charge is 0.338 e. The Labute approximate surface area is 132 Å². The first-order valence-corrected chi connectivity index (χ1v) is 7.95. The molecule has 4 heteroatoms. The van der Waals surface area contributed by atoms with Gasteiger partial charge in [0, 0.05) is 5.92 Å². The highest BCUT2D eigenvalue weighted by Crippen LogP contribution is 2.27. The summed E-state index contributed by atoms with van der Waals surface area (Å²) in [7, 11) is 1.58. The van der Waals surface area contributed by atoms with Gasteiger partial charge in [-0.25, -0.2) is 4.79 Å². The van der Waals surface area contributed by atoms with Crippen LogP contribution in [0.15, 0.2) is 24.3 Å². The Bertz CT molecular complexity index is 470. The molecule has 1 aliphatic rings. The van der Waals surface area contributed by atoms with Crippen molar-refractivity contribution < 1.29 is 19.1 Å². The lowest BCUT2D eigenvalue weighted by Gasteiger charge is -2.26. The van der Waals surface area contributed by atoms with Gasteiger partial charge >= 0.3 is 5.97 Å². The summed E-state index contributed by atoms with van der Waals surface area (Å²) in [5.41, 5.74) is 0.527. The lowest BCUT2D eigenvalue weighted by Crippen LogP contribution is -2.27. The summed E-state index contributed by atoms with van der Waals surface area (Å²) in [4.78, 5) is 23.3. The molecule has 0 atom stereocenters. The second kappa shape index (κ2) is 9.23. The van der Waals surface area contributed by atoms with E-state index in [0.717, 1.165) is 25.7 Å². The zero-order valence-electron chi connectivity index (χ0n) is 13.9. The number of ether oxygens (including phenoxy) is 2. The molecule has 122 valence electrons. The number of esters is 1. The van der Waals surface area contributed by atoms with Gasteiger partial charge in [-0.05, 0) is 56.9 Å². The minimum atomic E-state index is -0.307. The summed E-state index contributed by atoms with van der Waals surface area (Å²) < 4.78 is 10.5. The maximum absolute atomic E-state index is 12.0. The maximum Gasteiger partial charge on any atom is 0.338 e. The van der Waals surface area contributed by atoms with E-state index >= 15 is 0 Å². The molecule has 0 spiro atoms. The van der Waals surface area contributed by atoms with E-state index in [0.29, 0.717) is 11.3 Å². The van der Waals surface area contributed by atoms with Crippen LogP contribution < -0.4 is 4.74 Å². The predicted molar refractivity (Wildman–Crippen MR) is 86.2 cm³/mol. The van der Waals surface area contributed by atoms with Crippen LogP contribution in [0.25, 0.3) is 0 Å². The topological polar surface area (TPSA) is 52.6 Å². The lowest BCUT2D eigenvalue weighted by atomic mass is 9.85. The summed E-state index contributed by atoms with van der Waals surface area (Å²) in [6.45, 7) is 5.63. The van der Waals surface area contributed by atoms with Crippen LogP contribution in [-0.4, -0.2) is 25.0 Å². The average molecular weight is 306 g/mol. The Morgan fingerprint density at radius 3 is 2.00 bits per heavy atom. The monoisotopic (exact) mass is 306 g/mol. The van der Waals surface area contributed by atoms with E-state index in [1.165, 1.54) is 0 Å². The molecule has 0 aliphatic heterocycles. The Hall–Kier alpha value is -1.84. The van der Waals surface area contributed by atoms with Crippen molar-refractivity contribution in [2.24, 2.45) is 5.92 Å². The van der Waals surface area contributed by atoms with E-state index in [-0.39, 0.29) is 23.8 Å². The molecule has 0 amide bonds. The highest BCUT2D eigenvalue weighted by molar-refractivity contribution is 5.89. The van der Waals surface area contributed by atoms with E-state index in [4.69, 9.17) is 9.47 Å². The normalized spacial score (nSPS) is 20.4. The molecule has 1 fully saturated rings. The van der Waals surface area contributed by atoms with Crippen LogP contribution in [0.5, 0.6) is 5.75 Å². The number of methoxy groups -OCH3 is 1. The fraction of sp³-hybridized carbons (Fsp3) is 0.556. The molecule has 0 unspecified atom stereocenters. The van der Waals surface area contributed by atoms with E-state index < -0.39 is 0 Å². The molecule has 1 aromatic carbocycles. The molecule has 4 nitrogen and oxygen atoms in total. The number of hydrogen-bond donors (Lipinski definition) is 0. The van der Waals surface area contributed by atoms with Crippen LogP contribution in [0.4, 0.5) is 0 Å². The quantitative estimate of drug-likeness (QED) is 0.788. The first kappa shape index (κ1) is 18.2. The number of benzene rings is 1. The van der Waals surface area contributed by atoms with E-state index in [9.17, 15) is 9.59 Å². The number of Topliss-reactive ketones (excluding diaryl/α,β-unsaturated/α-hetero) is 1. The minimum Gasteiger partial charge on any atom is -0.497 e. The molecule has 22 heavy (non-hydrogen) atoms. The van der Waals surface area contributed by atoms with Gasteiger partial charge in [-0.1, -0.05) is 13.8 Å². The van der Waals surface area contributed by atoms with Crippen molar-refractivity contribution in [1.29, 1.82) is 0 Å². The number of ketones is 1. The highest BCUT2D eigenvalue weighted by Gasteiger charge is 2.26. The zero-order chi connectivity index (χ0) is 16.5. The maximum atomic E-state index is 12.0. The van der Waals surface area contributed by atoms with Crippen LogP contribution in [0.3, 0.4) is 0 Å². The second-order valence-electron chi connectivity index (χ2n) is 5.22. The highest BCUT2D eigenvalue weighted by atomic mass is 16.5. The van der Waals surface area contributed by atoms with Gasteiger partial charge in [-0.15, -0.1) is 0 Å². The largest absolute Gasteiger partial charge is 0.497 e. The summed E-state index contributed by atoms with van der Waals surface area (Å²) >= 11 is 0. The Morgan fingerprint density at radius 2 is 1.55 bits per heavy atom. The number of carbonyl (C=O) groups excluding carboxylic acids is 2. The van der Waals surface area contributed by atoms with Crippen LogP contribution in [-0.2, 0) is 9.53 Å². The van der Waals surface area contributed by atoms with Gasteiger partial charge in [0.25, 0.3) is 0 Å². The van der Waals surface area contributed by atoms with E-state index in [1.807, 2.05) is 13.8 Å². The molecule has 0 bridgehead atoms. The third-order valence-corrected chi connectivity index (χ3v) is 3.85. The second-order valence-corrected chi connectivity index (χ2v) is 5.22. The van der Waals surface area contributed by atoms with Gasteiger partial charge in [-0.2, -0.15) is 0 Å². The predicted octanol–water partition coefficient (Wildman–Crippen LogP) is 4.03. The molecule has 0 radical (unpaired) electrons. The average Bonchev–Trinajstić information content (AvgIpc) is 2.57. The van der Waals surface area contributed by atoms with Crippen molar-refractivity contribution in [1.82, 2.24) is 0 Å². The first-order valence-electron chi connectivity index (χ1n) is 7.95. The molecule has 0 N–H and O–H groups in total. The van der Waals surface area contributed by atoms with Crippen molar-refractivity contribution in [3.63, 3.8) is 0 Å². The molecule has 1 aromatic rings. The number of hydrogen-bond acceptors (Lipinski definition) is 4. The standard InChI is InChI=1S/C16H20O4.C2H6/c1-11(17)12-3-9-15(10-4-12)20-16(18)13-5-7-14(19-2)8-6-13;1-2/h5-8,12,15H,3-4,9-10H2,1-2H3;1-2H3. The number of carbonyl (C=O) groups is 2. The van der Waals surface area contributed by atoms with Gasteiger partial charge in [-0.3, -0.25) is 4.79 Å². The zero-order valence-corrected chi connectivity index (χ0v) is 13.9. The molecular weight excluding hydrogens is 280 g/mol. The molecule has 0 saturated heterocycles. The van der Waals surface area contributed by atoms with Crippen molar-refractivity contribution in [3.8, 4) is 5.75 Å². The minimum absolute atomic E-state index is 0.0693. The fourth-order valence-corrected chi connectivity index (χ4v) is 2.53. The van der Waals surface area contributed by atoms with Gasteiger partial charge in [0.05, 0.1) is 12.7 Å². The Kier molecular flexibility index (Phi) is 7.64. The SMILES string of the molecule is CC.COc1ccc(C(=O)OC2CCC(C(C)=O)CC2)cc1. The fourth-order valence-electron chi connectivity index (χ4n) is 2.53. The molecule has 1 saturated carbocycles. The van der Waals surface area contributed by atoms with Gasteiger partial charge in [0.1, 0.15) is 17.6 Å². The molecule has 2 rings (SSSR count). The van der Waals surface area contributed by atoms with Crippen LogP contribution in [0.2, 0.25) is 0 Å². The molecule has 0 aromatic heterocycles. The Balaban J connectivity index is 0.00000116. The van der Waals surface area contributed by atoms with Crippen LogP contribution in [0, 0.1) is 5.92 Å². The summed E-state index contributed by atoms with van der Waals surface area (Å²) in [6.07, 6.45) is 3.10. The summed E-state index contributed by atoms with van der Waals surface area (Å²) in [5.74, 6) is 0.790. The summed E-state index contributed by atoms with van der Waals surface area (Å²) in [5, 5.41) is 0. The Morgan fingerprint density at radius 1 is 1.00 bits per heavy atom. The van der Waals surface area contributed by atoms with Gasteiger partial charge in [0.15, 0.2) is 0 Å². The van der Waals surface area contributed by atoms with Gasteiger partial charge in [0.2, 0.25) is 0 Å². The molecular formula is C18H26O4. The number of rotatable bonds is 4. The van der Waals surface area contributed by atoms with Crippen molar-refractivity contribution in [2.75, 3.05) is 7.11 Å². The third kappa shape index (κ3) is 5.17. The third-order valence-electron chi connectivity index (χ3n) is 3.85. The molecule has 1 aliphatic carbocycles. The van der Waals surface area contributed by atoms with E-state index in [1.54, 1.807) is 38.3 Å². The van der Waals surface area contributed by atoms with Crippen LogP contribution >= 0.6 is 0 Å². The van der Waals surface area contributed by atoms with Crippen molar-refractivity contribution in [3.05, 3.63) is 29.8 Å².